The molecule has 7 atom stereocenters. The zero-order valence-electron chi connectivity index (χ0n) is 20.1. The summed E-state index contributed by atoms with van der Waals surface area (Å²) >= 11 is 0. The number of hydrogen-bond acceptors (Lipinski definition) is 12. The molecule has 3 aliphatic heterocycles. The van der Waals surface area contributed by atoms with Crippen molar-refractivity contribution in [3.8, 4) is 11.5 Å². The molecule has 0 spiro atoms. The standard InChI is InChI=1S/C24H26N2O13/c27-8-17-18(29)19(30)20(31)24(39-17)38-16-6-10-5-14(23(36)37)26(13(10)7-15(16)28)2-1-9-3-11(21(32)33)25-12(4-9)22(34)35/h1-3,6-7,12,14,17-20,24,27-31H,4-5,8H2,(H,32,33)(H,34,35)(H,36,37)/t12-,14+,17-,18-,19+,20-,24-/m1/s1. The summed E-state index contributed by atoms with van der Waals surface area (Å²) in [5.41, 5.74) is 0.477. The van der Waals surface area contributed by atoms with Gasteiger partial charge in [-0.25, -0.2) is 14.4 Å². The summed E-state index contributed by atoms with van der Waals surface area (Å²) in [6.07, 6.45) is -4.19. The number of aromatic hydroxyl groups is 1. The number of aliphatic hydroxyl groups excluding tert-OH is 4. The van der Waals surface area contributed by atoms with E-state index in [1.54, 1.807) is 0 Å². The number of carboxylic acids is 3. The van der Waals surface area contributed by atoms with Crippen molar-refractivity contribution in [3.63, 3.8) is 0 Å². The molecule has 8 N–H and O–H groups in total. The Morgan fingerprint density at radius 2 is 1.77 bits per heavy atom. The van der Waals surface area contributed by atoms with Gasteiger partial charge in [0.25, 0.3) is 0 Å². The fourth-order valence-corrected chi connectivity index (χ4v) is 4.51. The van der Waals surface area contributed by atoms with Gasteiger partial charge in [0.2, 0.25) is 6.29 Å². The van der Waals surface area contributed by atoms with Crippen LogP contribution >= 0.6 is 0 Å². The number of rotatable bonds is 8. The molecule has 1 aromatic rings. The Balaban J connectivity index is 1.61. The number of hydrogen-bond donors (Lipinski definition) is 8. The molecule has 1 fully saturated rings. The first-order valence-electron chi connectivity index (χ1n) is 11.7. The van der Waals surface area contributed by atoms with Crippen molar-refractivity contribution >= 4 is 29.3 Å². The second kappa shape index (κ2) is 11.0. The lowest BCUT2D eigenvalue weighted by Crippen LogP contribution is -2.60. The third-order valence-corrected chi connectivity index (χ3v) is 6.56. The number of fused-ring (bicyclic) bond motifs is 1. The normalized spacial score (nSPS) is 30.5. The maximum atomic E-state index is 12.0. The van der Waals surface area contributed by atoms with Gasteiger partial charge in [-0.2, -0.15) is 0 Å². The molecular formula is C24H26N2O13. The quantitative estimate of drug-likeness (QED) is 0.178. The van der Waals surface area contributed by atoms with Gasteiger partial charge < -0.3 is 55.2 Å². The highest BCUT2D eigenvalue weighted by atomic mass is 16.7. The lowest BCUT2D eigenvalue weighted by Gasteiger charge is -2.39. The largest absolute Gasteiger partial charge is 0.504 e. The highest BCUT2D eigenvalue weighted by molar-refractivity contribution is 6.41. The Labute approximate surface area is 219 Å². The first-order chi connectivity index (χ1) is 18.4. The van der Waals surface area contributed by atoms with Gasteiger partial charge in [-0.05, 0) is 29.4 Å². The average molecular weight is 550 g/mol. The number of carboxylic acid groups (broad SMARTS) is 3. The Kier molecular flexibility index (Phi) is 7.89. The highest BCUT2D eigenvalue weighted by Gasteiger charge is 2.45. The zero-order chi connectivity index (χ0) is 28.6. The molecular weight excluding hydrogens is 524 g/mol. The number of phenols is 1. The smallest absolute Gasteiger partial charge is 0.354 e. The first kappa shape index (κ1) is 28.0. The van der Waals surface area contributed by atoms with Crippen molar-refractivity contribution in [1.29, 1.82) is 0 Å². The maximum Gasteiger partial charge on any atom is 0.354 e. The second-order valence-electron chi connectivity index (χ2n) is 9.14. The maximum absolute atomic E-state index is 12.0. The molecule has 15 nitrogen and oxygen atoms in total. The van der Waals surface area contributed by atoms with Crippen molar-refractivity contribution in [1.82, 2.24) is 0 Å². The van der Waals surface area contributed by atoms with Crippen molar-refractivity contribution in [2.24, 2.45) is 4.99 Å². The number of dihydropyridines is 1. The predicted molar refractivity (Wildman–Crippen MR) is 128 cm³/mol. The van der Waals surface area contributed by atoms with Gasteiger partial charge in [0, 0.05) is 30.8 Å². The molecule has 3 aliphatic rings. The molecule has 0 bridgehead atoms. The number of nitrogens with zero attached hydrogens (tertiary/aromatic N) is 2. The summed E-state index contributed by atoms with van der Waals surface area (Å²) in [6.45, 7) is -0.688. The van der Waals surface area contributed by atoms with Gasteiger partial charge in [0.05, 0.1) is 6.61 Å². The molecule has 210 valence electrons. The van der Waals surface area contributed by atoms with E-state index in [-0.39, 0.29) is 29.9 Å². The van der Waals surface area contributed by atoms with Gasteiger partial charge in [-0.15, -0.1) is 0 Å². The molecule has 0 aliphatic carbocycles. The van der Waals surface area contributed by atoms with Crippen LogP contribution < -0.4 is 9.64 Å². The van der Waals surface area contributed by atoms with E-state index < -0.39 is 78.8 Å². The molecule has 0 saturated carbocycles. The number of ether oxygens (including phenoxy) is 2. The second-order valence-corrected chi connectivity index (χ2v) is 9.14. The number of allylic oxidation sites excluding steroid dienone is 1. The van der Waals surface area contributed by atoms with E-state index in [2.05, 4.69) is 4.99 Å². The fraction of sp³-hybridized carbons (Fsp3) is 0.417. The van der Waals surface area contributed by atoms with Crippen LogP contribution in [-0.4, -0.2) is 114 Å². The van der Waals surface area contributed by atoms with E-state index in [1.165, 1.54) is 35.4 Å². The minimum Gasteiger partial charge on any atom is -0.504 e. The summed E-state index contributed by atoms with van der Waals surface area (Å²) in [5.74, 6) is -4.67. The van der Waals surface area contributed by atoms with Crippen molar-refractivity contribution in [3.05, 3.63) is 41.6 Å². The molecule has 0 unspecified atom stereocenters. The lowest BCUT2D eigenvalue weighted by atomic mass is 9.99. The van der Waals surface area contributed by atoms with Crippen LogP contribution in [0, 0.1) is 0 Å². The molecule has 0 aromatic heterocycles. The zero-order valence-corrected chi connectivity index (χ0v) is 20.1. The fourth-order valence-electron chi connectivity index (χ4n) is 4.51. The van der Waals surface area contributed by atoms with Gasteiger partial charge in [-0.3, -0.25) is 4.99 Å². The summed E-state index contributed by atoms with van der Waals surface area (Å²) in [5, 5.41) is 78.4. The lowest BCUT2D eigenvalue weighted by molar-refractivity contribution is -0.277. The minimum atomic E-state index is -1.74. The molecule has 39 heavy (non-hydrogen) atoms. The molecule has 4 rings (SSSR count). The molecule has 15 heteroatoms. The Morgan fingerprint density at radius 1 is 1.05 bits per heavy atom. The van der Waals surface area contributed by atoms with Crippen molar-refractivity contribution in [2.45, 2.75) is 55.6 Å². The van der Waals surface area contributed by atoms with E-state index in [4.69, 9.17) is 9.47 Å². The summed E-state index contributed by atoms with van der Waals surface area (Å²) in [4.78, 5) is 39.7. The van der Waals surface area contributed by atoms with Crippen molar-refractivity contribution < 1.29 is 64.7 Å². The number of aliphatic carboxylic acids is 3. The van der Waals surface area contributed by atoms with Gasteiger partial charge >= 0.3 is 17.9 Å². The van der Waals surface area contributed by atoms with E-state index in [0.29, 0.717) is 5.56 Å². The number of aliphatic hydroxyl groups is 4. The van der Waals surface area contributed by atoms with Crippen LogP contribution in [0.1, 0.15) is 12.0 Å². The van der Waals surface area contributed by atoms with Crippen LogP contribution in [0.3, 0.4) is 0 Å². The number of anilines is 1. The predicted octanol–water partition coefficient (Wildman–Crippen LogP) is -1.79. The van der Waals surface area contributed by atoms with Crippen LogP contribution in [0.15, 0.2) is 41.1 Å². The van der Waals surface area contributed by atoms with E-state index in [0.717, 1.165) is 0 Å². The number of carbonyl (C=O) groups is 3. The van der Waals surface area contributed by atoms with Crippen LogP contribution in [0.2, 0.25) is 0 Å². The van der Waals surface area contributed by atoms with Crippen LogP contribution in [0.25, 0.3) is 0 Å². The van der Waals surface area contributed by atoms with E-state index in [1.807, 2.05) is 0 Å². The SMILES string of the molecule is O=C(O)C1=N[C@@H](C(=O)O)CC(C=CN2c3cc(O)c(O[C@@H]4O[C@H](CO)[C@@H](O)[C@H](O)[C@H]4O)cc3C[C@H]2C(=O)O)=C1. The summed E-state index contributed by atoms with van der Waals surface area (Å²) < 4.78 is 10.8. The highest BCUT2D eigenvalue weighted by Crippen LogP contribution is 2.42. The number of benzene rings is 1. The topological polar surface area (TPSA) is 247 Å². The Hall–Kier alpha value is -4.02. The van der Waals surface area contributed by atoms with Gasteiger partial charge in [0.1, 0.15) is 36.2 Å². The molecule has 0 amide bonds. The van der Waals surface area contributed by atoms with Crippen molar-refractivity contribution in [2.75, 3.05) is 11.5 Å². The molecule has 1 aromatic carbocycles. The van der Waals surface area contributed by atoms with Gasteiger partial charge in [0.15, 0.2) is 17.5 Å². The van der Waals surface area contributed by atoms with Crippen LogP contribution in [0.5, 0.6) is 11.5 Å². The summed E-state index contributed by atoms with van der Waals surface area (Å²) in [7, 11) is 0. The molecule has 0 radical (unpaired) electrons. The average Bonchev–Trinajstić information content (AvgIpc) is 3.24. The number of phenolic OH excluding ortho intramolecular Hbond substituents is 1. The minimum absolute atomic E-state index is 0.0566. The first-order valence-corrected chi connectivity index (χ1v) is 11.7. The third-order valence-electron chi connectivity index (χ3n) is 6.56. The molecule has 3 heterocycles. The van der Waals surface area contributed by atoms with E-state index >= 15 is 0 Å². The third kappa shape index (κ3) is 5.57. The van der Waals surface area contributed by atoms with Crippen LogP contribution in [0.4, 0.5) is 5.69 Å². The Morgan fingerprint density at radius 3 is 2.38 bits per heavy atom. The van der Waals surface area contributed by atoms with E-state index in [9.17, 15) is 55.2 Å². The van der Waals surface area contributed by atoms with Gasteiger partial charge in [-0.1, -0.05) is 0 Å². The summed E-state index contributed by atoms with van der Waals surface area (Å²) in [6, 6.07) is 0.0330. The number of aliphatic imine (C=N–C) groups is 1. The Bertz CT molecular complexity index is 1260. The molecule has 1 saturated heterocycles. The monoisotopic (exact) mass is 550 g/mol. The van der Waals surface area contributed by atoms with Crippen LogP contribution in [-0.2, 0) is 25.5 Å².